The topological polar surface area (TPSA) is 14.2 Å². The summed E-state index contributed by atoms with van der Waals surface area (Å²) in [5.41, 5.74) is 3.44. The van der Waals surface area contributed by atoms with Crippen molar-refractivity contribution in [2.75, 3.05) is 0 Å². The van der Waals surface area contributed by atoms with Gasteiger partial charge in [-0.25, -0.2) is 0 Å². The Balaban J connectivity index is 1.88. The summed E-state index contributed by atoms with van der Waals surface area (Å²) < 4.78 is 8.05. The number of hydrogen-bond acceptors (Lipinski definition) is 1. The lowest BCUT2D eigenvalue weighted by atomic mass is 10.2. The molecule has 3 heteroatoms. The number of hydrogen-bond donors (Lipinski definition) is 0. The number of fused-ring (bicyclic) bond motifs is 1. The number of ether oxygens (including phenoxy) is 1. The first-order valence-electron chi connectivity index (χ1n) is 6.57. The molecule has 0 amide bonds. The van der Waals surface area contributed by atoms with Crippen LogP contribution in [0.25, 0.3) is 10.9 Å². The number of aromatic nitrogens is 1. The van der Waals surface area contributed by atoms with Crippen molar-refractivity contribution in [1.82, 2.24) is 4.57 Å². The van der Waals surface area contributed by atoms with Crippen molar-refractivity contribution in [2.45, 2.75) is 13.5 Å². The molecule has 0 atom stereocenters. The Bertz CT molecular complexity index is 761. The molecule has 0 saturated carbocycles. The maximum atomic E-state index is 6.03. The van der Waals surface area contributed by atoms with Crippen LogP contribution in [-0.2, 0) is 13.7 Å². The van der Waals surface area contributed by atoms with Gasteiger partial charge in [-0.15, -0.1) is 0 Å². The van der Waals surface area contributed by atoms with Gasteiger partial charge in [0.15, 0.2) is 0 Å². The first-order valence-corrected chi connectivity index (χ1v) is 6.95. The van der Waals surface area contributed by atoms with Crippen molar-refractivity contribution < 1.29 is 4.74 Å². The van der Waals surface area contributed by atoms with Crippen molar-refractivity contribution in [1.29, 1.82) is 0 Å². The van der Waals surface area contributed by atoms with Crippen LogP contribution in [0.15, 0.2) is 48.5 Å². The molecular weight excluding hydrogens is 270 g/mol. The van der Waals surface area contributed by atoms with Gasteiger partial charge in [-0.2, -0.15) is 0 Å². The van der Waals surface area contributed by atoms with E-state index in [4.69, 9.17) is 16.3 Å². The first-order chi connectivity index (χ1) is 9.65. The molecule has 0 fully saturated rings. The zero-order chi connectivity index (χ0) is 14.1. The van der Waals surface area contributed by atoms with Crippen molar-refractivity contribution in [3.8, 4) is 5.75 Å². The Morgan fingerprint density at radius 1 is 1.10 bits per heavy atom. The zero-order valence-corrected chi connectivity index (χ0v) is 12.3. The van der Waals surface area contributed by atoms with Gasteiger partial charge in [-0.05, 0) is 42.8 Å². The number of halogens is 1. The fourth-order valence-corrected chi connectivity index (χ4v) is 2.57. The Morgan fingerprint density at radius 3 is 2.70 bits per heavy atom. The molecule has 0 N–H and O–H groups in total. The van der Waals surface area contributed by atoms with E-state index in [1.807, 2.05) is 43.4 Å². The van der Waals surface area contributed by atoms with Crippen molar-refractivity contribution in [3.05, 3.63) is 64.8 Å². The fourth-order valence-electron chi connectivity index (χ4n) is 2.39. The van der Waals surface area contributed by atoms with Gasteiger partial charge in [0.1, 0.15) is 12.4 Å². The molecule has 0 aliphatic heterocycles. The monoisotopic (exact) mass is 285 g/mol. The second-order valence-corrected chi connectivity index (χ2v) is 5.39. The van der Waals surface area contributed by atoms with Crippen LogP contribution < -0.4 is 4.74 Å². The van der Waals surface area contributed by atoms with E-state index in [9.17, 15) is 0 Å². The predicted molar refractivity (Wildman–Crippen MR) is 83.4 cm³/mol. The minimum absolute atomic E-state index is 0.549. The normalized spacial score (nSPS) is 10.9. The number of nitrogens with zero attached hydrogens (tertiary/aromatic N) is 1. The minimum Gasteiger partial charge on any atom is -0.487 e. The summed E-state index contributed by atoms with van der Waals surface area (Å²) in [4.78, 5) is 0. The van der Waals surface area contributed by atoms with Gasteiger partial charge in [-0.1, -0.05) is 29.8 Å². The highest BCUT2D eigenvalue weighted by Crippen LogP contribution is 2.24. The quantitative estimate of drug-likeness (QED) is 0.679. The summed E-state index contributed by atoms with van der Waals surface area (Å²) >= 11 is 6.03. The molecule has 0 spiro atoms. The molecule has 0 unspecified atom stereocenters. The van der Waals surface area contributed by atoms with Gasteiger partial charge in [0, 0.05) is 23.0 Å². The molecule has 3 rings (SSSR count). The lowest BCUT2D eigenvalue weighted by Gasteiger charge is -2.09. The average Bonchev–Trinajstić information content (AvgIpc) is 2.74. The zero-order valence-electron chi connectivity index (χ0n) is 11.6. The summed E-state index contributed by atoms with van der Waals surface area (Å²) in [6, 6.07) is 16.1. The lowest BCUT2D eigenvalue weighted by molar-refractivity contribution is 0.296. The summed E-state index contributed by atoms with van der Waals surface area (Å²) in [5, 5.41) is 1.90. The van der Waals surface area contributed by atoms with Crippen LogP contribution >= 0.6 is 11.6 Å². The summed E-state index contributed by atoms with van der Waals surface area (Å²) in [6.07, 6.45) is 0. The van der Waals surface area contributed by atoms with Gasteiger partial charge >= 0.3 is 0 Å². The van der Waals surface area contributed by atoms with Gasteiger partial charge in [0.05, 0.1) is 5.69 Å². The number of para-hydroxylation sites is 1. The smallest absolute Gasteiger partial charge is 0.128 e. The number of benzene rings is 2. The molecule has 0 saturated heterocycles. The third kappa shape index (κ3) is 2.39. The molecule has 20 heavy (non-hydrogen) atoms. The third-order valence-corrected chi connectivity index (χ3v) is 3.81. The van der Waals surface area contributed by atoms with E-state index in [0.717, 1.165) is 32.9 Å². The van der Waals surface area contributed by atoms with Crippen molar-refractivity contribution >= 4 is 22.5 Å². The van der Waals surface area contributed by atoms with Crippen LogP contribution in [0.4, 0.5) is 0 Å². The second kappa shape index (κ2) is 5.22. The summed E-state index contributed by atoms with van der Waals surface area (Å²) in [6.45, 7) is 2.60. The van der Waals surface area contributed by atoms with Crippen LogP contribution in [0.2, 0.25) is 5.02 Å². The van der Waals surface area contributed by atoms with E-state index in [2.05, 4.69) is 23.6 Å². The Morgan fingerprint density at radius 2 is 1.90 bits per heavy atom. The molecule has 0 bridgehead atoms. The average molecular weight is 286 g/mol. The van der Waals surface area contributed by atoms with Crippen molar-refractivity contribution in [2.24, 2.45) is 7.05 Å². The van der Waals surface area contributed by atoms with Gasteiger partial charge < -0.3 is 9.30 Å². The molecular formula is C17H16ClNO. The Kier molecular flexibility index (Phi) is 3.41. The molecule has 0 aliphatic carbocycles. The number of rotatable bonds is 3. The highest BCUT2D eigenvalue weighted by atomic mass is 35.5. The van der Waals surface area contributed by atoms with E-state index < -0.39 is 0 Å². The first kappa shape index (κ1) is 13.1. The van der Waals surface area contributed by atoms with Gasteiger partial charge in [0.25, 0.3) is 0 Å². The molecule has 2 aromatic carbocycles. The highest BCUT2D eigenvalue weighted by molar-refractivity contribution is 6.31. The standard InChI is InChI=1S/C17H16ClNO/c1-12-5-3-4-6-17(12)20-11-15-10-13-9-14(18)7-8-16(13)19(15)2/h3-10H,11H2,1-2H3. The van der Waals surface area contributed by atoms with E-state index in [0.29, 0.717) is 6.61 Å². The maximum Gasteiger partial charge on any atom is 0.128 e. The number of aryl methyl sites for hydroxylation is 2. The molecule has 102 valence electrons. The summed E-state index contributed by atoms with van der Waals surface area (Å²) in [7, 11) is 2.05. The van der Waals surface area contributed by atoms with Crippen LogP contribution in [0.5, 0.6) is 5.75 Å². The van der Waals surface area contributed by atoms with E-state index in [1.165, 1.54) is 0 Å². The molecule has 1 aromatic heterocycles. The highest BCUT2D eigenvalue weighted by Gasteiger charge is 2.07. The second-order valence-electron chi connectivity index (χ2n) is 4.95. The van der Waals surface area contributed by atoms with Crippen molar-refractivity contribution in [3.63, 3.8) is 0 Å². The van der Waals surface area contributed by atoms with Gasteiger partial charge in [-0.3, -0.25) is 0 Å². The van der Waals surface area contributed by atoms with Crippen LogP contribution in [0, 0.1) is 6.92 Å². The van der Waals surface area contributed by atoms with E-state index in [-0.39, 0.29) is 0 Å². The molecule has 2 nitrogen and oxygen atoms in total. The SMILES string of the molecule is Cc1ccccc1OCc1cc2cc(Cl)ccc2n1C. The predicted octanol–water partition coefficient (Wildman–Crippen LogP) is 4.72. The van der Waals surface area contributed by atoms with Crippen LogP contribution in [0.1, 0.15) is 11.3 Å². The van der Waals surface area contributed by atoms with Crippen LogP contribution in [-0.4, -0.2) is 4.57 Å². The third-order valence-electron chi connectivity index (χ3n) is 3.57. The van der Waals surface area contributed by atoms with E-state index in [1.54, 1.807) is 0 Å². The maximum absolute atomic E-state index is 6.03. The Hall–Kier alpha value is -1.93. The Labute approximate surface area is 123 Å². The minimum atomic E-state index is 0.549. The van der Waals surface area contributed by atoms with Gasteiger partial charge in [0.2, 0.25) is 0 Å². The fraction of sp³-hybridized carbons (Fsp3) is 0.176. The lowest BCUT2D eigenvalue weighted by Crippen LogP contribution is -2.02. The molecule has 1 heterocycles. The molecule has 0 radical (unpaired) electrons. The summed E-state index contributed by atoms with van der Waals surface area (Å²) in [5.74, 6) is 0.927. The molecule has 0 aliphatic rings. The largest absolute Gasteiger partial charge is 0.487 e. The molecule has 3 aromatic rings. The van der Waals surface area contributed by atoms with Crippen LogP contribution in [0.3, 0.4) is 0 Å². The van der Waals surface area contributed by atoms with E-state index >= 15 is 0 Å².